The Morgan fingerprint density at radius 3 is 1.32 bits per heavy atom. The topological polar surface area (TPSA) is 89.5 Å². The van der Waals surface area contributed by atoms with Crippen molar-refractivity contribution in [2.45, 2.75) is 115 Å². The van der Waals surface area contributed by atoms with Crippen LogP contribution in [0.4, 0.5) is 0 Å². The number of fused-ring (bicyclic) bond motifs is 1. The van der Waals surface area contributed by atoms with E-state index < -0.39 is 36.4 Å². The van der Waals surface area contributed by atoms with Gasteiger partial charge in [-0.25, -0.2) is 9.59 Å². The van der Waals surface area contributed by atoms with E-state index in [1.54, 1.807) is 48.5 Å². The molecule has 2 aliphatic heterocycles. The molecule has 8 heteroatoms. The van der Waals surface area contributed by atoms with Gasteiger partial charge in [-0.2, -0.15) is 0 Å². The zero-order chi connectivity index (χ0) is 31.0. The Hall–Kier alpha value is -3.10. The summed E-state index contributed by atoms with van der Waals surface area (Å²) in [5.74, 6) is 0.561. The van der Waals surface area contributed by atoms with Crippen molar-refractivity contribution in [1.82, 2.24) is 0 Å². The highest BCUT2D eigenvalue weighted by Gasteiger charge is 2.51. The number of rotatable bonds is 20. The van der Waals surface area contributed by atoms with Crippen molar-refractivity contribution in [3.05, 3.63) is 59.7 Å². The predicted molar refractivity (Wildman–Crippen MR) is 169 cm³/mol. The van der Waals surface area contributed by atoms with Gasteiger partial charge in [0.1, 0.15) is 23.7 Å². The van der Waals surface area contributed by atoms with Crippen LogP contribution < -0.4 is 9.47 Å². The molecule has 2 aliphatic rings. The highest BCUT2D eigenvalue weighted by atomic mass is 16.7. The van der Waals surface area contributed by atoms with Crippen molar-refractivity contribution < 1.29 is 38.0 Å². The first-order valence-corrected chi connectivity index (χ1v) is 16.7. The Bertz CT molecular complexity index is 1030. The number of hydrogen-bond acceptors (Lipinski definition) is 8. The Kier molecular flexibility index (Phi) is 14.3. The van der Waals surface area contributed by atoms with Crippen LogP contribution in [0.1, 0.15) is 112 Å². The second-order valence-electron chi connectivity index (χ2n) is 11.8. The van der Waals surface area contributed by atoms with Gasteiger partial charge in [0.25, 0.3) is 0 Å². The fourth-order valence-corrected chi connectivity index (χ4v) is 5.56. The van der Waals surface area contributed by atoms with Crippen molar-refractivity contribution in [1.29, 1.82) is 0 Å². The molecule has 8 nitrogen and oxygen atoms in total. The molecule has 2 aromatic rings. The van der Waals surface area contributed by atoms with Gasteiger partial charge in [0.2, 0.25) is 0 Å². The van der Waals surface area contributed by atoms with Crippen LogP contribution in [-0.2, 0) is 18.9 Å². The van der Waals surface area contributed by atoms with Crippen LogP contribution in [0, 0.1) is 0 Å². The van der Waals surface area contributed by atoms with E-state index in [1.165, 1.54) is 64.2 Å². The molecule has 2 saturated heterocycles. The van der Waals surface area contributed by atoms with E-state index in [1.807, 2.05) is 0 Å². The molecule has 0 radical (unpaired) electrons. The van der Waals surface area contributed by atoms with E-state index in [0.717, 1.165) is 24.3 Å². The number of carbonyl (C=O) groups is 2. The highest BCUT2D eigenvalue weighted by molar-refractivity contribution is 5.90. The van der Waals surface area contributed by atoms with E-state index in [-0.39, 0.29) is 13.2 Å². The van der Waals surface area contributed by atoms with Crippen LogP contribution in [-0.4, -0.2) is 62.8 Å². The first kappa shape index (κ1) is 33.8. The first-order chi connectivity index (χ1) is 21.6. The minimum absolute atomic E-state index is 0.180. The molecular formula is C36H50O8. The maximum Gasteiger partial charge on any atom is 0.338 e. The lowest BCUT2D eigenvalue weighted by molar-refractivity contribution is -0.0287. The molecule has 44 heavy (non-hydrogen) atoms. The zero-order valence-electron chi connectivity index (χ0n) is 26.5. The lowest BCUT2D eigenvalue weighted by Crippen LogP contribution is -2.36. The Balaban J connectivity index is 1.15. The summed E-state index contributed by atoms with van der Waals surface area (Å²) in [7, 11) is 0. The maximum atomic E-state index is 12.8. The Morgan fingerprint density at radius 1 is 0.568 bits per heavy atom. The van der Waals surface area contributed by atoms with E-state index in [4.69, 9.17) is 28.4 Å². The Labute approximate surface area is 262 Å². The molecule has 0 aliphatic carbocycles. The Morgan fingerprint density at radius 2 is 0.932 bits per heavy atom. The van der Waals surface area contributed by atoms with E-state index in [2.05, 4.69) is 13.8 Å². The summed E-state index contributed by atoms with van der Waals surface area (Å²) < 4.78 is 34.8. The van der Waals surface area contributed by atoms with Gasteiger partial charge in [-0.3, -0.25) is 0 Å². The van der Waals surface area contributed by atoms with Gasteiger partial charge >= 0.3 is 11.9 Å². The first-order valence-electron chi connectivity index (χ1n) is 16.7. The molecule has 0 saturated carbocycles. The molecule has 0 aromatic heterocycles. The van der Waals surface area contributed by atoms with Gasteiger partial charge in [-0.1, -0.05) is 78.1 Å². The molecule has 0 unspecified atom stereocenters. The minimum atomic E-state index is -0.581. The number of hydrogen-bond donors (Lipinski definition) is 0. The van der Waals surface area contributed by atoms with Crippen LogP contribution in [0.15, 0.2) is 48.5 Å². The average molecular weight is 611 g/mol. The van der Waals surface area contributed by atoms with Crippen LogP contribution in [0.25, 0.3) is 0 Å². The third-order valence-corrected chi connectivity index (χ3v) is 8.19. The van der Waals surface area contributed by atoms with Gasteiger partial charge in [0, 0.05) is 0 Å². The van der Waals surface area contributed by atoms with Crippen LogP contribution in [0.5, 0.6) is 11.5 Å². The summed E-state index contributed by atoms with van der Waals surface area (Å²) in [6.07, 6.45) is 12.3. The molecule has 2 heterocycles. The molecule has 242 valence electrons. The summed E-state index contributed by atoms with van der Waals surface area (Å²) in [5, 5.41) is 0. The van der Waals surface area contributed by atoms with E-state index >= 15 is 0 Å². The third-order valence-electron chi connectivity index (χ3n) is 8.19. The fourth-order valence-electron chi connectivity index (χ4n) is 5.56. The van der Waals surface area contributed by atoms with Gasteiger partial charge in [0.15, 0.2) is 12.2 Å². The van der Waals surface area contributed by atoms with Gasteiger partial charge < -0.3 is 28.4 Å². The summed E-state index contributed by atoms with van der Waals surface area (Å²) in [4.78, 5) is 25.6. The quantitative estimate of drug-likeness (QED) is 0.111. The molecule has 2 aromatic carbocycles. The fraction of sp³-hybridized carbons (Fsp3) is 0.611. The van der Waals surface area contributed by atoms with Gasteiger partial charge in [0.05, 0.1) is 37.6 Å². The molecule has 4 atom stereocenters. The van der Waals surface area contributed by atoms with Gasteiger partial charge in [-0.05, 0) is 61.4 Å². The van der Waals surface area contributed by atoms with Crippen LogP contribution in [0.3, 0.4) is 0 Å². The number of benzene rings is 2. The summed E-state index contributed by atoms with van der Waals surface area (Å²) in [5.41, 5.74) is 0.862. The molecule has 0 bridgehead atoms. The summed E-state index contributed by atoms with van der Waals surface area (Å²) in [6.45, 7) is 6.13. The van der Waals surface area contributed by atoms with E-state index in [9.17, 15) is 9.59 Å². The number of ether oxygens (including phenoxy) is 6. The monoisotopic (exact) mass is 610 g/mol. The van der Waals surface area contributed by atoms with Crippen molar-refractivity contribution >= 4 is 11.9 Å². The largest absolute Gasteiger partial charge is 0.494 e. The van der Waals surface area contributed by atoms with Crippen LogP contribution in [0.2, 0.25) is 0 Å². The predicted octanol–water partition coefficient (Wildman–Crippen LogP) is 7.71. The summed E-state index contributed by atoms with van der Waals surface area (Å²) in [6, 6.07) is 14.0. The smallest absolute Gasteiger partial charge is 0.338 e. The van der Waals surface area contributed by atoms with Crippen molar-refractivity contribution in [3.8, 4) is 11.5 Å². The third kappa shape index (κ3) is 10.5. The average Bonchev–Trinajstić information content (AvgIpc) is 3.63. The molecule has 4 rings (SSSR count). The minimum Gasteiger partial charge on any atom is -0.494 e. The number of unbranched alkanes of at least 4 members (excludes halogenated alkanes) is 10. The second kappa shape index (κ2) is 18.6. The van der Waals surface area contributed by atoms with Crippen molar-refractivity contribution in [3.63, 3.8) is 0 Å². The normalized spacial score (nSPS) is 20.7. The molecule has 2 fully saturated rings. The standard InChI is InChI=1S/C36H50O8/c1-3-5-7-9-11-13-23-39-29-19-15-27(16-20-29)35(37)43-31-25-41-34-32(26-42-33(31)34)44-36(38)28-17-21-30(22-18-28)40-24-14-12-10-8-6-4-2/h15-22,31-34H,3-14,23-26H2,1-2H3/t31-,32+,33-,34-/m0/s1. The van der Waals surface area contributed by atoms with Crippen LogP contribution >= 0.6 is 0 Å². The SMILES string of the molecule is CCCCCCCCOc1ccc(C(=O)O[C@H]2CO[C@@H]3[C@H]2OC[C@H]3OC(=O)c2ccc(OCCCCCCCC)cc2)cc1. The second-order valence-corrected chi connectivity index (χ2v) is 11.8. The lowest BCUT2D eigenvalue weighted by atomic mass is 10.1. The molecule has 0 amide bonds. The maximum absolute atomic E-state index is 12.8. The lowest BCUT2D eigenvalue weighted by Gasteiger charge is -2.17. The summed E-state index contributed by atoms with van der Waals surface area (Å²) >= 11 is 0. The van der Waals surface area contributed by atoms with E-state index in [0.29, 0.717) is 24.3 Å². The number of esters is 2. The van der Waals surface area contributed by atoms with Crippen molar-refractivity contribution in [2.75, 3.05) is 26.4 Å². The number of carbonyl (C=O) groups excluding carboxylic acids is 2. The zero-order valence-corrected chi connectivity index (χ0v) is 26.5. The molecule has 0 spiro atoms. The van der Waals surface area contributed by atoms with Gasteiger partial charge in [-0.15, -0.1) is 0 Å². The van der Waals surface area contributed by atoms with Crippen molar-refractivity contribution in [2.24, 2.45) is 0 Å². The highest BCUT2D eigenvalue weighted by Crippen LogP contribution is 2.32. The molecular weight excluding hydrogens is 560 g/mol. The molecule has 0 N–H and O–H groups in total.